The van der Waals surface area contributed by atoms with Crippen LogP contribution in [0.5, 0.6) is 0 Å². The van der Waals surface area contributed by atoms with E-state index in [1.54, 1.807) is 0 Å². The molecule has 0 amide bonds. The minimum atomic E-state index is 0.869. The first kappa shape index (κ1) is 83.0. The summed E-state index contributed by atoms with van der Waals surface area (Å²) in [5, 5.41) is 21.8. The number of nitrogens with zero attached hydrogens (tertiary/aromatic N) is 1. The van der Waals surface area contributed by atoms with Gasteiger partial charge in [0.2, 0.25) is 0 Å². The Bertz CT molecular complexity index is 9530. The maximum Gasteiger partial charge on any atom is 0.136 e. The van der Waals surface area contributed by atoms with Crippen LogP contribution >= 0.6 is 0 Å². The minimum absolute atomic E-state index is 0.869. The van der Waals surface area contributed by atoms with Crippen molar-refractivity contribution < 1.29 is 13.3 Å². The lowest BCUT2D eigenvalue weighted by atomic mass is 9.84. The highest BCUT2D eigenvalue weighted by Crippen LogP contribution is 2.54. The van der Waals surface area contributed by atoms with Crippen molar-refractivity contribution in [2.45, 2.75) is 0 Å². The molecule has 0 unspecified atom stereocenters. The number of hydrogen-bond donors (Lipinski definition) is 0. The standard InChI is InChI=1S/C50H32O.C44H28O.C43H27NO/c1-3-16-33(17-4-1)37-22-7-8-23-38(37)43-30-31-46-50(44-28-13-14-29-45(44)51-46)49(43)36-21-15-20-35(32-36)48-41-26-11-9-24-39(41)47(34-18-5-2-6-19-34)40-25-10-12-27-42(40)48;1-3-14-29(15-4-1)33-26-27-40-44(38-24-11-12-25-39(38)45-40)43(33)32-19-13-18-31(28-32)42-36-22-9-7-20-34(36)41(30-16-5-2-6-17-30)35-21-8-10-23-37(35)42;1-2-12-29(13-3-1)40-32-14-4-6-16-34(32)41(35-17-7-5-15-33(35)40)30-23-21-28(22-24-30)31-25-26-39-43(36-18-8-9-20-38(36)45-39)42(31)37-19-10-11-27-44-37/h1-32H;1-28H;1-27H. The Morgan fingerprint density at radius 1 is 0.121 bits per heavy atom. The molecule has 0 atom stereocenters. The Morgan fingerprint density at radius 2 is 0.348 bits per heavy atom. The lowest BCUT2D eigenvalue weighted by molar-refractivity contribution is 0.668. The van der Waals surface area contributed by atoms with E-state index in [1.807, 2.05) is 42.6 Å². The highest BCUT2D eigenvalue weighted by Gasteiger charge is 2.27. The van der Waals surface area contributed by atoms with Gasteiger partial charge in [-0.2, -0.15) is 0 Å². The molecule has 0 saturated heterocycles. The third-order valence-electron chi connectivity index (χ3n) is 28.3. The molecule has 28 rings (SSSR count). The summed E-state index contributed by atoms with van der Waals surface area (Å²) >= 11 is 0. The van der Waals surface area contributed by atoms with Crippen LogP contribution in [0.4, 0.5) is 0 Å². The highest BCUT2D eigenvalue weighted by atomic mass is 16.3. The zero-order valence-corrected chi connectivity index (χ0v) is 76.9. The second-order valence-corrected chi connectivity index (χ2v) is 36.2. The maximum atomic E-state index is 6.51. The van der Waals surface area contributed by atoms with Gasteiger partial charge in [0.1, 0.15) is 33.5 Å². The fourth-order valence-corrected chi connectivity index (χ4v) is 22.3. The van der Waals surface area contributed by atoms with Crippen LogP contribution in [0.15, 0.2) is 541 Å². The number of fused-ring (bicyclic) bond motifs is 15. The lowest BCUT2D eigenvalue weighted by Crippen LogP contribution is -1.92. The molecule has 0 aliphatic heterocycles. The van der Waals surface area contributed by atoms with Crippen LogP contribution in [0.1, 0.15) is 0 Å². The van der Waals surface area contributed by atoms with Gasteiger partial charge in [0, 0.05) is 55.2 Å². The van der Waals surface area contributed by atoms with Crippen LogP contribution < -0.4 is 0 Å². The van der Waals surface area contributed by atoms with E-state index in [-0.39, 0.29) is 0 Å². The summed E-state index contributed by atoms with van der Waals surface area (Å²) in [4.78, 5) is 4.80. The van der Waals surface area contributed by atoms with E-state index in [4.69, 9.17) is 18.2 Å². The quantitative estimate of drug-likeness (QED) is 0.108. The summed E-state index contributed by atoms with van der Waals surface area (Å²) in [6, 6.07) is 187. The predicted molar refractivity (Wildman–Crippen MR) is 595 cm³/mol. The van der Waals surface area contributed by atoms with Crippen LogP contribution in [-0.2, 0) is 0 Å². The SMILES string of the molecule is c1ccc(-c2c3ccccc3c(-c3ccc(-c4ccc5oc6ccccc6c5c4-c4ccccn4)cc3)c3ccccc23)cc1.c1ccc(-c2ccc3oc4ccccc4c3c2-c2cccc(-c3c4ccccc4c(-c4ccccc4)c4ccccc34)c2)cc1.c1ccc(-c2ccccc2-c2ccc3oc4ccccc4c3c2-c2cccc(-c3c4ccccc4c(-c4ccccc4)c4ccccc34)c2)cc1. The number of aromatic nitrogens is 1. The normalized spacial score (nSPS) is 11.5. The summed E-state index contributed by atoms with van der Waals surface area (Å²) in [5.74, 6) is 0. The van der Waals surface area contributed by atoms with Gasteiger partial charge in [-0.3, -0.25) is 4.98 Å². The molecule has 4 heterocycles. The van der Waals surface area contributed by atoms with Crippen molar-refractivity contribution >= 4 is 130 Å². The van der Waals surface area contributed by atoms with Gasteiger partial charge in [0.05, 0.1) is 5.69 Å². The Kier molecular flexibility index (Phi) is 20.9. The summed E-state index contributed by atoms with van der Waals surface area (Å²) < 4.78 is 19.2. The van der Waals surface area contributed by atoms with Gasteiger partial charge in [-0.1, -0.05) is 449 Å². The summed E-state index contributed by atoms with van der Waals surface area (Å²) in [6.45, 7) is 0. The number of pyridine rings is 1. The summed E-state index contributed by atoms with van der Waals surface area (Å²) in [6.07, 6.45) is 1.86. The average molecular weight is 1800 g/mol. The van der Waals surface area contributed by atoms with Crippen LogP contribution in [0.3, 0.4) is 0 Å². The molecule has 0 bridgehead atoms. The van der Waals surface area contributed by atoms with E-state index in [9.17, 15) is 0 Å². The average Bonchev–Trinajstić information content (AvgIpc) is 1.72. The van der Waals surface area contributed by atoms with Crippen LogP contribution in [0.2, 0.25) is 0 Å². The molecule has 0 aliphatic rings. The first-order valence-corrected chi connectivity index (χ1v) is 48.3. The van der Waals surface area contributed by atoms with Crippen molar-refractivity contribution in [3.8, 4) is 145 Å². The second-order valence-electron chi connectivity index (χ2n) is 36.2. The van der Waals surface area contributed by atoms with Crippen LogP contribution in [0.25, 0.3) is 275 Å². The van der Waals surface area contributed by atoms with Crippen LogP contribution in [-0.4, -0.2) is 4.98 Å². The van der Waals surface area contributed by atoms with Gasteiger partial charge in [0.25, 0.3) is 0 Å². The molecule has 28 aromatic rings. The van der Waals surface area contributed by atoms with Crippen molar-refractivity contribution in [3.63, 3.8) is 0 Å². The molecule has 141 heavy (non-hydrogen) atoms. The largest absolute Gasteiger partial charge is 0.456 e. The molecule has 0 radical (unpaired) electrons. The van der Waals surface area contributed by atoms with E-state index in [2.05, 4.69) is 485 Å². The van der Waals surface area contributed by atoms with E-state index >= 15 is 0 Å². The van der Waals surface area contributed by atoms with Gasteiger partial charge in [0.15, 0.2) is 0 Å². The molecule has 0 aliphatic carbocycles. The van der Waals surface area contributed by atoms with Gasteiger partial charge >= 0.3 is 0 Å². The number of rotatable bonds is 13. The molecular formula is C137H87NO3. The van der Waals surface area contributed by atoms with Crippen LogP contribution in [0, 0.1) is 0 Å². The van der Waals surface area contributed by atoms with Crippen molar-refractivity contribution in [3.05, 3.63) is 528 Å². The number of benzene rings is 24. The fourth-order valence-electron chi connectivity index (χ4n) is 22.3. The molecule has 0 N–H and O–H groups in total. The topological polar surface area (TPSA) is 52.3 Å². The van der Waals surface area contributed by atoms with Gasteiger partial charge in [-0.05, 0) is 260 Å². The zero-order chi connectivity index (χ0) is 93.2. The van der Waals surface area contributed by atoms with E-state index in [0.717, 1.165) is 93.8 Å². The Hall–Kier alpha value is -18.6. The van der Waals surface area contributed by atoms with Crippen molar-refractivity contribution in [2.24, 2.45) is 0 Å². The van der Waals surface area contributed by atoms with Crippen molar-refractivity contribution in [1.29, 1.82) is 0 Å². The molecule has 658 valence electrons. The van der Waals surface area contributed by atoms with Gasteiger partial charge in [-0.25, -0.2) is 0 Å². The first-order valence-electron chi connectivity index (χ1n) is 48.3. The van der Waals surface area contributed by atoms with Crippen molar-refractivity contribution in [2.75, 3.05) is 0 Å². The van der Waals surface area contributed by atoms with Gasteiger partial charge in [-0.15, -0.1) is 0 Å². The van der Waals surface area contributed by atoms with Gasteiger partial charge < -0.3 is 13.3 Å². The number of hydrogen-bond acceptors (Lipinski definition) is 4. The van der Waals surface area contributed by atoms with E-state index in [0.29, 0.717) is 0 Å². The third-order valence-corrected chi connectivity index (χ3v) is 28.3. The fraction of sp³-hybridized carbons (Fsp3) is 0. The monoisotopic (exact) mass is 1790 g/mol. The Balaban J connectivity index is 0.000000109. The molecule has 4 nitrogen and oxygen atoms in total. The predicted octanol–water partition coefficient (Wildman–Crippen LogP) is 38.7. The molecular weight excluding hydrogens is 1710 g/mol. The Morgan fingerprint density at radius 3 is 0.688 bits per heavy atom. The lowest BCUT2D eigenvalue weighted by Gasteiger charge is -2.19. The molecule has 0 fully saturated rings. The second kappa shape index (κ2) is 35.6. The summed E-state index contributed by atoms with van der Waals surface area (Å²) in [7, 11) is 0. The number of furan rings is 3. The smallest absolute Gasteiger partial charge is 0.136 e. The molecule has 0 spiro atoms. The highest BCUT2D eigenvalue weighted by molar-refractivity contribution is 6.27. The third kappa shape index (κ3) is 14.6. The van der Waals surface area contributed by atoms with E-state index in [1.165, 1.54) is 181 Å². The van der Waals surface area contributed by atoms with Crippen molar-refractivity contribution in [1.82, 2.24) is 4.98 Å². The maximum absolute atomic E-state index is 6.51. The van der Waals surface area contributed by atoms with E-state index < -0.39 is 0 Å². The molecule has 0 saturated carbocycles. The minimum Gasteiger partial charge on any atom is -0.456 e. The molecule has 4 heteroatoms. The molecule has 4 aromatic heterocycles. The summed E-state index contributed by atoms with van der Waals surface area (Å²) in [5.41, 5.74) is 36.4. The Labute approximate surface area is 815 Å². The molecule has 24 aromatic carbocycles. The first-order chi connectivity index (χ1) is 70.0. The number of para-hydroxylation sites is 3. The zero-order valence-electron chi connectivity index (χ0n) is 76.9.